The van der Waals surface area contributed by atoms with E-state index >= 15 is 0 Å². The molecule has 1 fully saturated rings. The third-order valence-electron chi connectivity index (χ3n) is 3.42. The van der Waals surface area contributed by atoms with Crippen LogP contribution in [-0.4, -0.2) is 48.2 Å². The Labute approximate surface area is 117 Å². The van der Waals surface area contributed by atoms with E-state index in [1.165, 1.54) is 12.7 Å². The van der Waals surface area contributed by atoms with Gasteiger partial charge in [0, 0.05) is 11.3 Å². The highest BCUT2D eigenvalue weighted by Crippen LogP contribution is 2.38. The Kier molecular flexibility index (Phi) is 3.11. The SMILES string of the molecule is [N-]=[N+]=N[C@]1(CO)O[C@@H](n2cnc3c(N)ncnc32)C[C@@H]1O. The molecule has 0 bridgehead atoms. The summed E-state index contributed by atoms with van der Waals surface area (Å²) in [5.74, 6) is 0.223. The standard InChI is InChI=1S/C10H12N8O3/c11-8-7-9(14-3-13-8)18(4-15-7)6-1-5(20)10(2-19,21-6)16-17-12/h3-6,19-20H,1-2H2,(H2,11,13,14)/t5-,6+,10+/m0/s1. The molecule has 2 aromatic heterocycles. The Morgan fingerprint density at radius 2 is 2.38 bits per heavy atom. The van der Waals surface area contributed by atoms with Gasteiger partial charge in [-0.1, -0.05) is 5.11 Å². The molecule has 0 aromatic carbocycles. The van der Waals surface area contributed by atoms with Crippen molar-refractivity contribution < 1.29 is 14.9 Å². The monoisotopic (exact) mass is 292 g/mol. The van der Waals surface area contributed by atoms with Crippen molar-refractivity contribution in [2.24, 2.45) is 5.11 Å². The van der Waals surface area contributed by atoms with Crippen molar-refractivity contribution in [3.8, 4) is 0 Å². The number of fused-ring (bicyclic) bond motifs is 1. The first kappa shape index (κ1) is 13.5. The number of hydrogen-bond acceptors (Lipinski definition) is 8. The van der Waals surface area contributed by atoms with Gasteiger partial charge in [0.1, 0.15) is 18.1 Å². The molecule has 0 unspecified atom stereocenters. The van der Waals surface area contributed by atoms with Gasteiger partial charge in [0.15, 0.2) is 17.2 Å². The van der Waals surface area contributed by atoms with Crippen molar-refractivity contribution in [3.05, 3.63) is 23.1 Å². The summed E-state index contributed by atoms with van der Waals surface area (Å²) in [5.41, 5.74) is 13.4. The lowest BCUT2D eigenvalue weighted by molar-refractivity contribution is -0.122. The molecule has 0 amide bonds. The number of nitrogens with two attached hydrogens (primary N) is 1. The zero-order valence-electron chi connectivity index (χ0n) is 10.7. The average Bonchev–Trinajstić information content (AvgIpc) is 3.03. The highest BCUT2D eigenvalue weighted by molar-refractivity contribution is 5.81. The quantitative estimate of drug-likeness (QED) is 0.395. The number of aromatic nitrogens is 4. The lowest BCUT2D eigenvalue weighted by atomic mass is 10.1. The van der Waals surface area contributed by atoms with Gasteiger partial charge in [0.2, 0.25) is 0 Å². The molecule has 110 valence electrons. The van der Waals surface area contributed by atoms with Gasteiger partial charge in [-0.3, -0.25) is 4.57 Å². The molecule has 3 atom stereocenters. The summed E-state index contributed by atoms with van der Waals surface area (Å²) in [6.07, 6.45) is 0.983. The highest BCUT2D eigenvalue weighted by atomic mass is 16.6. The van der Waals surface area contributed by atoms with E-state index in [1.807, 2.05) is 0 Å². The number of azide groups is 1. The largest absolute Gasteiger partial charge is 0.393 e. The molecular formula is C10H12N8O3. The molecule has 0 radical (unpaired) electrons. The van der Waals surface area contributed by atoms with Gasteiger partial charge < -0.3 is 20.7 Å². The average molecular weight is 292 g/mol. The molecule has 21 heavy (non-hydrogen) atoms. The molecule has 1 saturated heterocycles. The molecule has 3 heterocycles. The van der Waals surface area contributed by atoms with Crippen molar-refractivity contribution >= 4 is 17.0 Å². The molecule has 11 heteroatoms. The molecule has 3 rings (SSSR count). The van der Waals surface area contributed by atoms with E-state index in [2.05, 4.69) is 25.0 Å². The minimum absolute atomic E-state index is 0.106. The van der Waals surface area contributed by atoms with Gasteiger partial charge in [0.25, 0.3) is 0 Å². The minimum atomic E-state index is -1.71. The van der Waals surface area contributed by atoms with E-state index in [0.29, 0.717) is 11.2 Å². The number of hydrogen-bond donors (Lipinski definition) is 3. The molecule has 4 N–H and O–H groups in total. The van der Waals surface area contributed by atoms with E-state index in [9.17, 15) is 10.2 Å². The van der Waals surface area contributed by atoms with Crippen LogP contribution in [0.15, 0.2) is 17.8 Å². The van der Waals surface area contributed by atoms with Gasteiger partial charge >= 0.3 is 0 Å². The molecule has 1 aliphatic rings. The van der Waals surface area contributed by atoms with Crippen LogP contribution in [0.25, 0.3) is 21.6 Å². The van der Waals surface area contributed by atoms with Crippen LogP contribution in [0, 0.1) is 0 Å². The summed E-state index contributed by atoms with van der Waals surface area (Å²) < 4.78 is 7.09. The Hall–Kier alpha value is -2.46. The third kappa shape index (κ3) is 1.96. The predicted molar refractivity (Wildman–Crippen MR) is 69.4 cm³/mol. The molecule has 0 saturated carbocycles. The number of aliphatic hydroxyl groups excluding tert-OH is 2. The van der Waals surface area contributed by atoms with E-state index in [4.69, 9.17) is 16.0 Å². The maximum Gasteiger partial charge on any atom is 0.198 e. The summed E-state index contributed by atoms with van der Waals surface area (Å²) in [6.45, 7) is -0.640. The maximum atomic E-state index is 10.0. The fourth-order valence-electron chi connectivity index (χ4n) is 2.33. The molecular weight excluding hydrogens is 280 g/mol. The zero-order valence-corrected chi connectivity index (χ0v) is 10.7. The predicted octanol–water partition coefficient (Wildman–Crippen LogP) is -0.313. The van der Waals surface area contributed by atoms with Gasteiger partial charge in [-0.2, -0.15) is 0 Å². The first-order valence-corrected chi connectivity index (χ1v) is 6.07. The van der Waals surface area contributed by atoms with Crippen LogP contribution in [0.3, 0.4) is 0 Å². The van der Waals surface area contributed by atoms with Crippen LogP contribution in [0.1, 0.15) is 12.6 Å². The molecule has 0 spiro atoms. The maximum absolute atomic E-state index is 10.0. The van der Waals surface area contributed by atoms with Crippen LogP contribution in [0.2, 0.25) is 0 Å². The van der Waals surface area contributed by atoms with Crippen LogP contribution in [-0.2, 0) is 4.74 Å². The van der Waals surface area contributed by atoms with E-state index < -0.39 is 24.7 Å². The van der Waals surface area contributed by atoms with Crippen molar-refractivity contribution in [2.45, 2.75) is 24.5 Å². The topological polar surface area (TPSA) is 168 Å². The van der Waals surface area contributed by atoms with Crippen molar-refractivity contribution in [2.75, 3.05) is 12.3 Å². The summed E-state index contributed by atoms with van der Waals surface area (Å²) in [6, 6.07) is 0. The van der Waals surface area contributed by atoms with Crippen LogP contribution in [0.5, 0.6) is 0 Å². The Balaban J connectivity index is 2.02. The fourth-order valence-corrected chi connectivity index (χ4v) is 2.33. The number of imidazole rings is 1. The lowest BCUT2D eigenvalue weighted by Gasteiger charge is -2.24. The van der Waals surface area contributed by atoms with Gasteiger partial charge in [-0.15, -0.1) is 0 Å². The number of anilines is 1. The Bertz CT molecular complexity index is 726. The zero-order chi connectivity index (χ0) is 15.0. The van der Waals surface area contributed by atoms with Gasteiger partial charge in [-0.25, -0.2) is 15.0 Å². The van der Waals surface area contributed by atoms with Crippen molar-refractivity contribution in [3.63, 3.8) is 0 Å². The number of aliphatic hydroxyl groups is 2. The normalized spacial score (nSPS) is 28.7. The highest BCUT2D eigenvalue weighted by Gasteiger charge is 2.48. The number of nitrogen functional groups attached to an aromatic ring is 1. The molecule has 1 aliphatic heterocycles. The van der Waals surface area contributed by atoms with Crippen LogP contribution < -0.4 is 5.73 Å². The fraction of sp³-hybridized carbons (Fsp3) is 0.500. The van der Waals surface area contributed by atoms with Crippen LogP contribution >= 0.6 is 0 Å². The first-order valence-electron chi connectivity index (χ1n) is 6.07. The minimum Gasteiger partial charge on any atom is -0.393 e. The van der Waals surface area contributed by atoms with Crippen molar-refractivity contribution in [1.82, 2.24) is 19.5 Å². The lowest BCUT2D eigenvalue weighted by Crippen LogP contribution is -2.40. The third-order valence-corrected chi connectivity index (χ3v) is 3.42. The molecule has 0 aliphatic carbocycles. The second-order valence-electron chi connectivity index (χ2n) is 4.60. The van der Waals surface area contributed by atoms with Crippen molar-refractivity contribution in [1.29, 1.82) is 0 Å². The smallest absolute Gasteiger partial charge is 0.198 e. The number of ether oxygens (including phenoxy) is 1. The second kappa shape index (κ2) is 4.82. The first-order chi connectivity index (χ1) is 10.1. The van der Waals surface area contributed by atoms with E-state index in [0.717, 1.165) is 0 Å². The summed E-state index contributed by atoms with van der Waals surface area (Å²) in [7, 11) is 0. The molecule has 11 nitrogen and oxygen atoms in total. The van der Waals surface area contributed by atoms with Gasteiger partial charge in [0.05, 0.1) is 19.0 Å². The Morgan fingerprint density at radius 1 is 1.57 bits per heavy atom. The summed E-state index contributed by atoms with van der Waals surface area (Å²) >= 11 is 0. The molecule has 2 aromatic rings. The summed E-state index contributed by atoms with van der Waals surface area (Å²) in [4.78, 5) is 14.6. The van der Waals surface area contributed by atoms with E-state index in [1.54, 1.807) is 4.57 Å². The second-order valence-corrected chi connectivity index (χ2v) is 4.60. The summed E-state index contributed by atoms with van der Waals surface area (Å²) in [5, 5.41) is 22.8. The Morgan fingerprint density at radius 3 is 3.10 bits per heavy atom. The van der Waals surface area contributed by atoms with E-state index in [-0.39, 0.29) is 12.2 Å². The van der Waals surface area contributed by atoms with Gasteiger partial charge in [-0.05, 0) is 5.53 Å². The number of rotatable bonds is 3. The number of nitrogens with zero attached hydrogens (tertiary/aromatic N) is 7. The van der Waals surface area contributed by atoms with Crippen LogP contribution in [0.4, 0.5) is 5.82 Å².